The zero-order valence-corrected chi connectivity index (χ0v) is 12.6. The van der Waals surface area contributed by atoms with Crippen LogP contribution in [0, 0.1) is 0 Å². The Kier molecular flexibility index (Phi) is 6.91. The molecule has 1 aromatic rings. The van der Waals surface area contributed by atoms with Gasteiger partial charge in [-0.25, -0.2) is 19.8 Å². The highest BCUT2D eigenvalue weighted by atomic mass is 16.5. The molecule has 0 aliphatic rings. The van der Waals surface area contributed by atoms with Gasteiger partial charge in [0, 0.05) is 5.69 Å². The first-order chi connectivity index (χ1) is 10.6. The van der Waals surface area contributed by atoms with Crippen LogP contribution >= 0.6 is 0 Å². The molecule has 0 bridgehead atoms. The number of carbonyl (C=O) groups is 1. The van der Waals surface area contributed by atoms with Crippen molar-refractivity contribution in [2.45, 2.75) is 0 Å². The van der Waals surface area contributed by atoms with E-state index in [-0.39, 0.29) is 6.61 Å². The molecule has 0 amide bonds. The second-order valence-corrected chi connectivity index (χ2v) is 4.92. The molecule has 0 aromatic heterocycles. The number of hydrogen-bond acceptors (Lipinski definition) is 6. The predicted octanol–water partition coefficient (Wildman–Crippen LogP) is 1.22. The number of nitrogen functional groups attached to an aromatic ring is 1. The molecule has 7 heteroatoms. The van der Waals surface area contributed by atoms with Crippen molar-refractivity contribution in [1.82, 2.24) is 0 Å². The summed E-state index contributed by atoms with van der Waals surface area (Å²) < 4.78 is 5.65. The first kappa shape index (κ1) is 17.5. The smallest absolute Gasteiger partial charge is 0.338 e. The molecule has 1 aromatic carbocycles. The summed E-state index contributed by atoms with van der Waals surface area (Å²) >= 11 is 0. The van der Waals surface area contributed by atoms with E-state index in [0.717, 1.165) is 0 Å². The molecule has 0 unspecified atom stereocenters. The molecule has 0 spiro atoms. The zero-order chi connectivity index (χ0) is 16.4. The van der Waals surface area contributed by atoms with Gasteiger partial charge in [0.1, 0.15) is 13.2 Å². The summed E-state index contributed by atoms with van der Waals surface area (Å²) in [4.78, 5) is 23.6. The van der Waals surface area contributed by atoms with Crippen molar-refractivity contribution < 1.29 is 14.0 Å². The Bertz CT molecular complexity index is 501. The summed E-state index contributed by atoms with van der Waals surface area (Å²) in [6.45, 7) is 12.4. The summed E-state index contributed by atoms with van der Waals surface area (Å²) in [7, 11) is 0. The van der Waals surface area contributed by atoms with E-state index in [1.807, 2.05) is 0 Å². The predicted molar refractivity (Wildman–Crippen MR) is 89.5 cm³/mol. The van der Waals surface area contributed by atoms with Crippen molar-refractivity contribution in [3.05, 3.63) is 29.8 Å². The third-order valence-corrected chi connectivity index (χ3v) is 3.15. The van der Waals surface area contributed by atoms with Crippen LogP contribution in [0.5, 0.6) is 0 Å². The van der Waals surface area contributed by atoms with Gasteiger partial charge in [-0.15, -0.1) is 0 Å². The average Bonchev–Trinajstić information content (AvgIpc) is 2.48. The van der Waals surface area contributed by atoms with Gasteiger partial charge in [-0.2, -0.15) is 0 Å². The molecular weight excluding hydrogens is 282 g/mol. The molecule has 2 N–H and O–H groups in total. The first-order valence-corrected chi connectivity index (χ1v) is 6.72. The summed E-state index contributed by atoms with van der Waals surface area (Å²) in [5.74, 6) is -0.400. The third-order valence-electron chi connectivity index (χ3n) is 3.15. The number of quaternary nitrogens is 1. The molecule has 0 saturated heterocycles. The van der Waals surface area contributed by atoms with Crippen molar-refractivity contribution in [1.29, 1.82) is 0 Å². The Morgan fingerprint density at radius 2 is 1.55 bits per heavy atom. The van der Waals surface area contributed by atoms with E-state index >= 15 is 0 Å². The largest absolute Gasteiger partial charge is 0.456 e. The molecule has 118 valence electrons. The number of rotatable bonds is 10. The van der Waals surface area contributed by atoms with Gasteiger partial charge in [0.05, 0.1) is 5.56 Å². The minimum atomic E-state index is -0.400. The highest BCUT2D eigenvalue weighted by Gasteiger charge is 2.26. The highest BCUT2D eigenvalue weighted by molar-refractivity contribution is 5.89. The molecule has 0 atom stereocenters. The van der Waals surface area contributed by atoms with Crippen LogP contribution in [0.3, 0.4) is 0 Å². The SMILES string of the molecule is C=NC[N+](CCOC(=O)c1ccc(N)cc1)(CN=C)CN=C. The highest BCUT2D eigenvalue weighted by Crippen LogP contribution is 2.10. The van der Waals surface area contributed by atoms with Gasteiger partial charge in [0.25, 0.3) is 0 Å². The van der Waals surface area contributed by atoms with Gasteiger partial charge in [-0.3, -0.25) is 4.48 Å². The lowest BCUT2D eigenvalue weighted by atomic mass is 10.2. The molecule has 0 radical (unpaired) electrons. The normalized spacial score (nSPS) is 10.7. The first-order valence-electron chi connectivity index (χ1n) is 6.72. The van der Waals surface area contributed by atoms with Gasteiger partial charge >= 0.3 is 5.97 Å². The van der Waals surface area contributed by atoms with Crippen LogP contribution in [0.1, 0.15) is 10.4 Å². The monoisotopic (exact) mass is 304 g/mol. The topological polar surface area (TPSA) is 89.4 Å². The molecule has 1 rings (SSSR count). The van der Waals surface area contributed by atoms with Crippen molar-refractivity contribution in [3.63, 3.8) is 0 Å². The van der Waals surface area contributed by atoms with Crippen molar-refractivity contribution in [3.8, 4) is 0 Å². The maximum atomic E-state index is 11.9. The fourth-order valence-corrected chi connectivity index (χ4v) is 2.02. The van der Waals surface area contributed by atoms with Gasteiger partial charge in [0.2, 0.25) is 0 Å². The lowest BCUT2D eigenvalue weighted by Crippen LogP contribution is -2.50. The molecule has 0 heterocycles. The molecule has 7 nitrogen and oxygen atoms in total. The summed E-state index contributed by atoms with van der Waals surface area (Å²) in [6, 6.07) is 6.56. The van der Waals surface area contributed by atoms with Gasteiger partial charge in [-0.1, -0.05) is 0 Å². The average molecular weight is 304 g/mol. The number of ether oxygens (including phenoxy) is 1. The zero-order valence-electron chi connectivity index (χ0n) is 12.6. The number of nitrogens with two attached hydrogens (primary N) is 1. The molecule has 22 heavy (non-hydrogen) atoms. The minimum absolute atomic E-state index is 0.212. The van der Waals surface area contributed by atoms with Gasteiger partial charge in [-0.05, 0) is 44.4 Å². The Hall–Kier alpha value is -2.54. The van der Waals surface area contributed by atoms with E-state index in [2.05, 4.69) is 35.1 Å². The third kappa shape index (κ3) is 5.10. The maximum Gasteiger partial charge on any atom is 0.338 e. The van der Waals surface area contributed by atoms with E-state index in [4.69, 9.17) is 10.5 Å². The van der Waals surface area contributed by atoms with E-state index in [1.165, 1.54) is 0 Å². The number of hydrogen-bond donors (Lipinski definition) is 1. The second kappa shape index (κ2) is 8.68. The van der Waals surface area contributed by atoms with Crippen molar-refractivity contribution >= 4 is 31.8 Å². The van der Waals surface area contributed by atoms with Crippen LogP contribution in [0.4, 0.5) is 5.69 Å². The molecule has 0 aliphatic heterocycles. The summed E-state index contributed by atoms with van der Waals surface area (Å²) in [5.41, 5.74) is 6.63. The Labute approximate surface area is 130 Å². The fourth-order valence-electron chi connectivity index (χ4n) is 2.02. The van der Waals surface area contributed by atoms with Crippen LogP contribution in [-0.2, 0) is 4.74 Å². The number of esters is 1. The summed E-state index contributed by atoms with van der Waals surface area (Å²) in [5, 5.41) is 0. The molecule has 0 fully saturated rings. The van der Waals surface area contributed by atoms with Crippen LogP contribution in [0.2, 0.25) is 0 Å². The molecule has 0 aliphatic carbocycles. The Morgan fingerprint density at radius 1 is 1.05 bits per heavy atom. The lowest BCUT2D eigenvalue weighted by molar-refractivity contribution is -0.926. The summed E-state index contributed by atoms with van der Waals surface area (Å²) in [6.07, 6.45) is 0. The Morgan fingerprint density at radius 3 is 2.00 bits per heavy atom. The van der Waals surface area contributed by atoms with Crippen LogP contribution in [-0.4, -0.2) is 63.8 Å². The fraction of sp³-hybridized carbons (Fsp3) is 0.333. The number of aliphatic imine (C=N–C) groups is 3. The van der Waals surface area contributed by atoms with E-state index in [9.17, 15) is 4.79 Å². The maximum absolute atomic E-state index is 11.9. The minimum Gasteiger partial charge on any atom is -0.456 e. The number of benzene rings is 1. The lowest BCUT2D eigenvalue weighted by Gasteiger charge is -2.33. The number of carbonyl (C=O) groups excluding carboxylic acids is 1. The molecular formula is C15H22N5O2+. The number of nitrogens with zero attached hydrogens (tertiary/aromatic N) is 4. The van der Waals surface area contributed by atoms with Crippen LogP contribution in [0.15, 0.2) is 39.2 Å². The van der Waals surface area contributed by atoms with Crippen molar-refractivity contribution in [2.75, 3.05) is 38.9 Å². The van der Waals surface area contributed by atoms with Crippen molar-refractivity contribution in [2.24, 2.45) is 15.0 Å². The quantitative estimate of drug-likeness (QED) is 0.305. The standard InChI is InChI=1S/C15H21N5O2/c1-17-10-20(11-18-2,12-19-3)8-9-22-15(21)13-4-6-14(16)7-5-13/h4-7H,1-3,8-12H2,(H-,16,21)/p+1. The molecule has 0 saturated carbocycles. The van der Waals surface area contributed by atoms with Crippen LogP contribution < -0.4 is 5.73 Å². The van der Waals surface area contributed by atoms with Crippen LogP contribution in [0.25, 0.3) is 0 Å². The second-order valence-electron chi connectivity index (χ2n) is 4.92. The van der Waals surface area contributed by atoms with E-state index in [1.54, 1.807) is 24.3 Å². The van der Waals surface area contributed by atoms with E-state index in [0.29, 0.717) is 42.3 Å². The number of anilines is 1. The Balaban J connectivity index is 2.62. The van der Waals surface area contributed by atoms with Gasteiger partial charge in [0.15, 0.2) is 20.0 Å². The van der Waals surface area contributed by atoms with E-state index < -0.39 is 5.97 Å². The van der Waals surface area contributed by atoms with Gasteiger partial charge < -0.3 is 10.5 Å².